The van der Waals surface area contributed by atoms with Crippen molar-refractivity contribution in [1.82, 2.24) is 4.90 Å². The Morgan fingerprint density at radius 2 is 2.00 bits per heavy atom. The predicted octanol–water partition coefficient (Wildman–Crippen LogP) is 1.65. The average molecular weight is 213 g/mol. The number of carbonyl (C=O) groups is 1. The first-order valence-electron chi connectivity index (χ1n) is 5.71. The molecule has 1 aliphatic carbocycles. The van der Waals surface area contributed by atoms with Gasteiger partial charge in [-0.15, -0.1) is 0 Å². The molecule has 1 aliphatic rings. The van der Waals surface area contributed by atoms with Crippen molar-refractivity contribution in [1.29, 1.82) is 0 Å². The van der Waals surface area contributed by atoms with E-state index in [1.165, 1.54) is 0 Å². The molecular formula is C12H23NO2. The summed E-state index contributed by atoms with van der Waals surface area (Å²) in [7, 11) is 1.78. The van der Waals surface area contributed by atoms with E-state index in [0.29, 0.717) is 18.9 Å². The van der Waals surface area contributed by atoms with Crippen molar-refractivity contribution in [2.24, 2.45) is 11.3 Å². The van der Waals surface area contributed by atoms with Crippen molar-refractivity contribution in [3.8, 4) is 0 Å². The van der Waals surface area contributed by atoms with Gasteiger partial charge in [0, 0.05) is 20.0 Å². The van der Waals surface area contributed by atoms with Crippen LogP contribution in [0.2, 0.25) is 0 Å². The van der Waals surface area contributed by atoms with Crippen LogP contribution in [0.3, 0.4) is 0 Å². The number of aliphatic hydroxyl groups is 1. The molecule has 88 valence electrons. The van der Waals surface area contributed by atoms with Gasteiger partial charge in [0.1, 0.15) is 0 Å². The van der Waals surface area contributed by atoms with Crippen LogP contribution in [0.1, 0.15) is 40.0 Å². The fourth-order valence-corrected chi connectivity index (χ4v) is 1.60. The Kier molecular flexibility index (Phi) is 3.77. The standard InChI is InChI=1S/C12H23NO2/c1-12(2,3)7-11(15)13(4)8-10(14)9-5-6-9/h9-10,14H,5-8H2,1-4H3. The Labute approximate surface area is 92.5 Å². The van der Waals surface area contributed by atoms with E-state index in [-0.39, 0.29) is 17.4 Å². The third-order valence-corrected chi connectivity index (χ3v) is 2.73. The van der Waals surface area contributed by atoms with Gasteiger partial charge in [0.05, 0.1) is 6.10 Å². The Hall–Kier alpha value is -0.570. The van der Waals surface area contributed by atoms with Gasteiger partial charge in [0.2, 0.25) is 5.91 Å². The second-order valence-corrected chi connectivity index (χ2v) is 5.92. The van der Waals surface area contributed by atoms with Crippen molar-refractivity contribution < 1.29 is 9.90 Å². The topological polar surface area (TPSA) is 40.5 Å². The molecule has 0 aromatic heterocycles. The highest BCUT2D eigenvalue weighted by molar-refractivity contribution is 5.76. The van der Waals surface area contributed by atoms with Crippen molar-refractivity contribution >= 4 is 5.91 Å². The molecule has 0 aromatic carbocycles. The van der Waals surface area contributed by atoms with Gasteiger partial charge in [-0.1, -0.05) is 20.8 Å². The van der Waals surface area contributed by atoms with Gasteiger partial charge in [-0.2, -0.15) is 0 Å². The molecule has 0 radical (unpaired) electrons. The summed E-state index contributed by atoms with van der Waals surface area (Å²) >= 11 is 0. The molecule has 1 saturated carbocycles. The summed E-state index contributed by atoms with van der Waals surface area (Å²) in [6.45, 7) is 6.64. The molecule has 1 atom stereocenters. The van der Waals surface area contributed by atoms with E-state index in [4.69, 9.17) is 0 Å². The minimum Gasteiger partial charge on any atom is -0.391 e. The van der Waals surface area contributed by atoms with E-state index in [1.807, 2.05) is 0 Å². The molecule has 0 spiro atoms. The van der Waals surface area contributed by atoms with Gasteiger partial charge < -0.3 is 10.0 Å². The molecule has 15 heavy (non-hydrogen) atoms. The van der Waals surface area contributed by atoms with E-state index in [1.54, 1.807) is 11.9 Å². The molecule has 0 aliphatic heterocycles. The first-order valence-corrected chi connectivity index (χ1v) is 5.71. The fraction of sp³-hybridized carbons (Fsp3) is 0.917. The van der Waals surface area contributed by atoms with Crippen LogP contribution in [-0.4, -0.2) is 35.6 Å². The predicted molar refractivity (Wildman–Crippen MR) is 60.4 cm³/mol. The first-order chi connectivity index (χ1) is 6.79. The SMILES string of the molecule is CN(CC(O)C1CC1)C(=O)CC(C)(C)C. The van der Waals surface area contributed by atoms with E-state index < -0.39 is 0 Å². The minimum absolute atomic E-state index is 0.0237. The Morgan fingerprint density at radius 3 is 2.40 bits per heavy atom. The molecular weight excluding hydrogens is 190 g/mol. The highest BCUT2D eigenvalue weighted by Gasteiger charge is 2.31. The van der Waals surface area contributed by atoms with Crippen LogP contribution in [0.4, 0.5) is 0 Å². The summed E-state index contributed by atoms with van der Waals surface area (Å²) < 4.78 is 0. The van der Waals surface area contributed by atoms with Gasteiger partial charge >= 0.3 is 0 Å². The molecule has 1 fully saturated rings. The molecule has 1 unspecified atom stereocenters. The van der Waals surface area contributed by atoms with Gasteiger partial charge in [0.15, 0.2) is 0 Å². The number of rotatable bonds is 4. The highest BCUT2D eigenvalue weighted by Crippen LogP contribution is 2.32. The van der Waals surface area contributed by atoms with E-state index in [0.717, 1.165) is 12.8 Å². The number of hydrogen-bond donors (Lipinski definition) is 1. The lowest BCUT2D eigenvalue weighted by molar-refractivity contribution is -0.133. The zero-order valence-electron chi connectivity index (χ0n) is 10.3. The summed E-state index contributed by atoms with van der Waals surface area (Å²) in [5, 5.41) is 9.71. The van der Waals surface area contributed by atoms with Crippen LogP contribution in [0.15, 0.2) is 0 Å². The lowest BCUT2D eigenvalue weighted by Crippen LogP contribution is -2.36. The summed E-state index contributed by atoms with van der Waals surface area (Å²) in [6.07, 6.45) is 2.45. The average Bonchev–Trinajstić information content (AvgIpc) is 2.82. The van der Waals surface area contributed by atoms with Crippen molar-refractivity contribution in [3.05, 3.63) is 0 Å². The first kappa shape index (κ1) is 12.5. The van der Waals surface area contributed by atoms with Crippen molar-refractivity contribution in [2.45, 2.75) is 46.1 Å². The maximum absolute atomic E-state index is 11.8. The molecule has 0 heterocycles. The lowest BCUT2D eigenvalue weighted by Gasteiger charge is -2.25. The molecule has 3 heteroatoms. The van der Waals surface area contributed by atoms with Crippen LogP contribution in [-0.2, 0) is 4.79 Å². The Morgan fingerprint density at radius 1 is 1.47 bits per heavy atom. The summed E-state index contributed by atoms with van der Waals surface area (Å²) in [4.78, 5) is 13.4. The van der Waals surface area contributed by atoms with Crippen LogP contribution >= 0.6 is 0 Å². The number of aliphatic hydroxyl groups excluding tert-OH is 1. The maximum atomic E-state index is 11.8. The fourth-order valence-electron chi connectivity index (χ4n) is 1.60. The minimum atomic E-state index is -0.320. The number of likely N-dealkylation sites (N-methyl/N-ethyl adjacent to an activating group) is 1. The van der Waals surface area contributed by atoms with Gasteiger partial charge in [-0.3, -0.25) is 4.79 Å². The summed E-state index contributed by atoms with van der Waals surface area (Å²) in [5.41, 5.74) is 0.0237. The van der Waals surface area contributed by atoms with Crippen molar-refractivity contribution in [3.63, 3.8) is 0 Å². The third-order valence-electron chi connectivity index (χ3n) is 2.73. The summed E-state index contributed by atoms with van der Waals surface area (Å²) in [6, 6.07) is 0. The summed E-state index contributed by atoms with van der Waals surface area (Å²) in [5.74, 6) is 0.567. The quantitative estimate of drug-likeness (QED) is 0.771. The molecule has 0 bridgehead atoms. The normalized spacial score (nSPS) is 18.7. The second-order valence-electron chi connectivity index (χ2n) is 5.92. The van der Waals surface area contributed by atoms with E-state index >= 15 is 0 Å². The molecule has 3 nitrogen and oxygen atoms in total. The monoisotopic (exact) mass is 213 g/mol. The molecule has 1 amide bonds. The van der Waals surface area contributed by atoms with Gasteiger partial charge in [-0.05, 0) is 24.2 Å². The van der Waals surface area contributed by atoms with Crippen LogP contribution in [0.5, 0.6) is 0 Å². The van der Waals surface area contributed by atoms with Crippen LogP contribution in [0, 0.1) is 11.3 Å². The number of nitrogens with zero attached hydrogens (tertiary/aromatic N) is 1. The number of hydrogen-bond acceptors (Lipinski definition) is 2. The highest BCUT2D eigenvalue weighted by atomic mass is 16.3. The Bertz CT molecular complexity index is 228. The largest absolute Gasteiger partial charge is 0.391 e. The van der Waals surface area contributed by atoms with E-state index in [2.05, 4.69) is 20.8 Å². The van der Waals surface area contributed by atoms with Crippen molar-refractivity contribution in [2.75, 3.05) is 13.6 Å². The lowest BCUT2D eigenvalue weighted by atomic mass is 9.91. The molecule has 0 saturated heterocycles. The number of carbonyl (C=O) groups excluding carboxylic acids is 1. The van der Waals surface area contributed by atoms with Gasteiger partial charge in [-0.25, -0.2) is 0 Å². The molecule has 0 aromatic rings. The molecule has 1 rings (SSSR count). The van der Waals surface area contributed by atoms with Crippen LogP contribution in [0.25, 0.3) is 0 Å². The zero-order valence-corrected chi connectivity index (χ0v) is 10.3. The number of amides is 1. The third kappa shape index (κ3) is 4.65. The smallest absolute Gasteiger partial charge is 0.222 e. The second kappa shape index (κ2) is 4.52. The van der Waals surface area contributed by atoms with E-state index in [9.17, 15) is 9.90 Å². The maximum Gasteiger partial charge on any atom is 0.222 e. The van der Waals surface area contributed by atoms with Gasteiger partial charge in [0.25, 0.3) is 0 Å². The Balaban J connectivity index is 2.32. The van der Waals surface area contributed by atoms with Crippen LogP contribution < -0.4 is 0 Å². The zero-order chi connectivity index (χ0) is 11.6. The molecule has 1 N–H and O–H groups in total.